The third-order valence-corrected chi connectivity index (χ3v) is 3.93. The number of nitriles is 2. The topological polar surface area (TPSA) is 152 Å². The van der Waals surface area contributed by atoms with Crippen LogP contribution in [-0.2, 0) is 11.2 Å². The van der Waals surface area contributed by atoms with Crippen LogP contribution in [0.2, 0.25) is 0 Å². The monoisotopic (exact) mass is 449 g/mol. The van der Waals surface area contributed by atoms with E-state index in [9.17, 15) is 27.5 Å². The lowest BCUT2D eigenvalue weighted by atomic mass is 9.99. The molecular formula is C19H11F4N5O4. The van der Waals surface area contributed by atoms with E-state index in [2.05, 4.69) is 9.97 Å². The molecule has 0 aliphatic carbocycles. The number of hydrogen-bond acceptors (Lipinski definition) is 7. The number of aryl methyl sites for hydroxylation is 1. The number of ketones is 1. The summed E-state index contributed by atoms with van der Waals surface area (Å²) in [6.07, 6.45) is -2.59. The Morgan fingerprint density at radius 3 is 2.16 bits per heavy atom. The summed E-state index contributed by atoms with van der Waals surface area (Å²) < 4.78 is 46.5. The molecule has 9 nitrogen and oxygen atoms in total. The van der Waals surface area contributed by atoms with Crippen molar-refractivity contribution in [3.05, 3.63) is 58.4 Å². The van der Waals surface area contributed by atoms with Gasteiger partial charge in [-0.1, -0.05) is 6.92 Å². The molecule has 0 spiro atoms. The maximum absolute atomic E-state index is 13.5. The maximum Gasteiger partial charge on any atom is 0.490 e. The smallest absolute Gasteiger partial charge is 0.490 e. The zero-order chi connectivity index (χ0) is 24.2. The van der Waals surface area contributed by atoms with Gasteiger partial charge in [0.2, 0.25) is 11.6 Å². The summed E-state index contributed by atoms with van der Waals surface area (Å²) in [5.74, 6) is -4.26. The van der Waals surface area contributed by atoms with Gasteiger partial charge in [-0.15, -0.1) is 0 Å². The second-order valence-electron chi connectivity index (χ2n) is 5.98. The van der Waals surface area contributed by atoms with Gasteiger partial charge in [-0.05, 0) is 18.6 Å². The Bertz CT molecular complexity index is 1270. The normalized spacial score (nSPS) is 10.6. The van der Waals surface area contributed by atoms with Crippen LogP contribution in [0.5, 0.6) is 5.75 Å². The number of benzene rings is 1. The second-order valence-corrected chi connectivity index (χ2v) is 5.98. The van der Waals surface area contributed by atoms with Gasteiger partial charge < -0.3 is 10.2 Å². The molecule has 0 unspecified atom stereocenters. The lowest BCUT2D eigenvalue weighted by molar-refractivity contribution is -0.192. The van der Waals surface area contributed by atoms with E-state index in [4.69, 9.17) is 20.4 Å². The predicted octanol–water partition coefficient (Wildman–Crippen LogP) is 2.74. The predicted molar refractivity (Wildman–Crippen MR) is 97.0 cm³/mol. The average Bonchev–Trinajstić information content (AvgIpc) is 3.10. The number of phenols is 1. The number of carboxylic acids is 1. The van der Waals surface area contributed by atoms with Gasteiger partial charge in [0.15, 0.2) is 11.6 Å². The fraction of sp³-hybridized carbons (Fsp3) is 0.158. The van der Waals surface area contributed by atoms with Crippen LogP contribution in [0.3, 0.4) is 0 Å². The highest BCUT2D eigenvalue weighted by atomic mass is 19.4. The van der Waals surface area contributed by atoms with E-state index in [-0.39, 0.29) is 28.2 Å². The second kappa shape index (κ2) is 9.09. The Morgan fingerprint density at radius 2 is 1.72 bits per heavy atom. The number of fused-ring (bicyclic) bond motifs is 1. The first-order valence-electron chi connectivity index (χ1n) is 8.49. The molecule has 0 aliphatic heterocycles. The number of nitrogens with zero attached hydrogens (tertiary/aromatic N) is 5. The van der Waals surface area contributed by atoms with Crippen molar-refractivity contribution in [2.24, 2.45) is 0 Å². The summed E-state index contributed by atoms with van der Waals surface area (Å²) in [6, 6.07) is 5.84. The first-order chi connectivity index (χ1) is 14.9. The zero-order valence-corrected chi connectivity index (χ0v) is 16.0. The van der Waals surface area contributed by atoms with Crippen LogP contribution in [0.4, 0.5) is 17.6 Å². The number of carbonyl (C=O) groups is 2. The fourth-order valence-corrected chi connectivity index (χ4v) is 2.52. The van der Waals surface area contributed by atoms with Crippen LogP contribution >= 0.6 is 0 Å². The third-order valence-electron chi connectivity index (χ3n) is 3.93. The first kappa shape index (κ1) is 23.8. The van der Waals surface area contributed by atoms with Crippen LogP contribution in [0.1, 0.15) is 39.8 Å². The average molecular weight is 449 g/mol. The lowest BCUT2D eigenvalue weighted by Gasteiger charge is -2.06. The molecular weight excluding hydrogens is 438 g/mol. The van der Waals surface area contributed by atoms with E-state index in [0.717, 1.165) is 12.4 Å². The van der Waals surface area contributed by atoms with Crippen LogP contribution < -0.4 is 0 Å². The molecule has 3 aromatic rings. The largest absolute Gasteiger partial charge is 0.505 e. The van der Waals surface area contributed by atoms with E-state index >= 15 is 0 Å². The van der Waals surface area contributed by atoms with Gasteiger partial charge in [0.05, 0.1) is 29.2 Å². The summed E-state index contributed by atoms with van der Waals surface area (Å²) in [4.78, 5) is 29.9. The summed E-state index contributed by atoms with van der Waals surface area (Å²) in [6.45, 7) is 1.78. The minimum atomic E-state index is -5.08. The quantitative estimate of drug-likeness (QED) is 0.457. The van der Waals surface area contributed by atoms with Crippen molar-refractivity contribution < 1.29 is 37.4 Å². The standard InChI is InChI=1S/C17H10FN5O2.C2HF3O2/c1-2-13-14(23-8-12(18)7-21-17(23)22-13)16(25)9-3-10(5-19)15(24)11(4-9)6-20;3-2(4,5)1(6)7/h3-4,7-8,24H,2H2,1H3;(H,6,7). The van der Waals surface area contributed by atoms with Crippen LogP contribution in [0, 0.1) is 28.5 Å². The van der Waals surface area contributed by atoms with Crippen LogP contribution in [0.15, 0.2) is 24.5 Å². The molecule has 0 aliphatic rings. The number of alkyl halides is 3. The number of hydrogen-bond donors (Lipinski definition) is 2. The molecule has 0 fully saturated rings. The van der Waals surface area contributed by atoms with Crippen molar-refractivity contribution >= 4 is 17.5 Å². The van der Waals surface area contributed by atoms with Crippen molar-refractivity contribution in [1.29, 1.82) is 10.5 Å². The van der Waals surface area contributed by atoms with E-state index < -0.39 is 29.5 Å². The summed E-state index contributed by atoms with van der Waals surface area (Å²) in [7, 11) is 0. The number of aromatic nitrogens is 3. The Balaban J connectivity index is 0.000000451. The van der Waals surface area contributed by atoms with Gasteiger partial charge in [-0.25, -0.2) is 19.2 Å². The van der Waals surface area contributed by atoms with Crippen molar-refractivity contribution in [2.45, 2.75) is 19.5 Å². The Morgan fingerprint density at radius 1 is 1.19 bits per heavy atom. The molecule has 0 saturated heterocycles. The van der Waals surface area contributed by atoms with E-state index in [1.807, 2.05) is 0 Å². The highest BCUT2D eigenvalue weighted by molar-refractivity contribution is 6.09. The molecule has 13 heteroatoms. The number of carbonyl (C=O) groups excluding carboxylic acids is 1. The van der Waals surface area contributed by atoms with Crippen molar-refractivity contribution in [2.75, 3.05) is 0 Å². The molecule has 0 amide bonds. The highest BCUT2D eigenvalue weighted by Gasteiger charge is 2.38. The Labute approximate surface area is 176 Å². The molecule has 0 atom stereocenters. The number of aliphatic carboxylic acids is 1. The summed E-state index contributed by atoms with van der Waals surface area (Å²) >= 11 is 0. The van der Waals surface area contributed by atoms with E-state index in [1.165, 1.54) is 16.5 Å². The van der Waals surface area contributed by atoms with Gasteiger partial charge in [0.25, 0.3) is 0 Å². The van der Waals surface area contributed by atoms with Crippen molar-refractivity contribution in [3.63, 3.8) is 0 Å². The fourth-order valence-electron chi connectivity index (χ4n) is 2.52. The van der Waals surface area contributed by atoms with Crippen molar-refractivity contribution in [3.8, 4) is 17.9 Å². The number of carboxylic acid groups (broad SMARTS) is 1. The number of halogens is 4. The summed E-state index contributed by atoms with van der Waals surface area (Å²) in [5.41, 5.74) is 0.139. The minimum Gasteiger partial charge on any atom is -0.505 e. The number of rotatable bonds is 3. The number of phenolic OH excluding ortho intramolecular Hbond substituents is 1. The highest BCUT2D eigenvalue weighted by Crippen LogP contribution is 2.26. The minimum absolute atomic E-state index is 0.0201. The molecule has 2 heterocycles. The zero-order valence-electron chi connectivity index (χ0n) is 16.0. The third kappa shape index (κ3) is 4.79. The number of aromatic hydroxyl groups is 1. The molecule has 3 rings (SSSR count). The first-order valence-corrected chi connectivity index (χ1v) is 8.49. The lowest BCUT2D eigenvalue weighted by Crippen LogP contribution is -2.21. The molecule has 0 radical (unpaired) electrons. The molecule has 0 bridgehead atoms. The van der Waals surface area contributed by atoms with Gasteiger partial charge in [-0.2, -0.15) is 23.7 Å². The molecule has 0 saturated carbocycles. The molecule has 32 heavy (non-hydrogen) atoms. The van der Waals surface area contributed by atoms with Gasteiger partial charge >= 0.3 is 12.1 Å². The maximum atomic E-state index is 13.5. The van der Waals surface area contributed by atoms with Gasteiger partial charge in [0, 0.05) is 5.56 Å². The van der Waals surface area contributed by atoms with Crippen LogP contribution in [0.25, 0.3) is 5.78 Å². The van der Waals surface area contributed by atoms with E-state index in [1.54, 1.807) is 19.1 Å². The Kier molecular flexibility index (Phi) is 6.75. The van der Waals surface area contributed by atoms with Gasteiger partial charge in [0.1, 0.15) is 17.8 Å². The Hall–Kier alpha value is -4.52. The SMILES string of the molecule is CCc1nc2ncc(F)cn2c1C(=O)c1cc(C#N)c(O)c(C#N)c1.O=C(O)C(F)(F)F. The summed E-state index contributed by atoms with van der Waals surface area (Å²) in [5, 5.41) is 35.1. The van der Waals surface area contributed by atoms with Crippen molar-refractivity contribution in [1.82, 2.24) is 14.4 Å². The van der Waals surface area contributed by atoms with Crippen LogP contribution in [-0.4, -0.2) is 42.5 Å². The number of imidazole rings is 1. The van der Waals surface area contributed by atoms with Gasteiger partial charge in [-0.3, -0.25) is 9.20 Å². The molecule has 2 N–H and O–H groups in total. The molecule has 2 aromatic heterocycles. The van der Waals surface area contributed by atoms with E-state index in [0.29, 0.717) is 12.1 Å². The molecule has 164 valence electrons. The molecule has 1 aromatic carbocycles.